The van der Waals surface area contributed by atoms with Crippen molar-refractivity contribution in [1.29, 1.82) is 0 Å². The van der Waals surface area contributed by atoms with E-state index in [9.17, 15) is 0 Å². The van der Waals surface area contributed by atoms with Crippen LogP contribution in [0.2, 0.25) is 0 Å². The molecular formula is C15H25N5. The predicted molar refractivity (Wildman–Crippen MR) is 83.2 cm³/mol. The van der Waals surface area contributed by atoms with E-state index in [1.165, 1.54) is 12.0 Å². The van der Waals surface area contributed by atoms with Crippen molar-refractivity contribution in [2.45, 2.75) is 39.7 Å². The average Bonchev–Trinajstić information content (AvgIpc) is 2.79. The fraction of sp³-hybridized carbons (Fsp3) is 0.600. The van der Waals surface area contributed by atoms with Gasteiger partial charge in [-0.1, -0.05) is 0 Å². The van der Waals surface area contributed by atoms with E-state index in [0.717, 1.165) is 25.2 Å². The van der Waals surface area contributed by atoms with E-state index in [-0.39, 0.29) is 0 Å². The highest BCUT2D eigenvalue weighted by molar-refractivity contribution is 5.45. The van der Waals surface area contributed by atoms with Crippen molar-refractivity contribution in [1.82, 2.24) is 19.5 Å². The normalized spacial score (nSPS) is 11.7. The average molecular weight is 275 g/mol. The summed E-state index contributed by atoms with van der Waals surface area (Å²) in [6.45, 7) is 8.56. The van der Waals surface area contributed by atoms with E-state index >= 15 is 0 Å². The maximum absolute atomic E-state index is 4.46. The molecule has 0 aliphatic carbocycles. The number of unbranched alkanes of at least 4 members (excludes halogenated alkanes) is 1. The SMILES string of the molecule is Cc1ccn2nc(NCCCCN(C)C(C)C)nc2c1. The van der Waals surface area contributed by atoms with Crippen LogP contribution < -0.4 is 5.32 Å². The van der Waals surface area contributed by atoms with Gasteiger partial charge >= 0.3 is 0 Å². The fourth-order valence-corrected chi connectivity index (χ4v) is 2.00. The minimum absolute atomic E-state index is 0.617. The summed E-state index contributed by atoms with van der Waals surface area (Å²) < 4.78 is 1.81. The molecule has 0 bridgehead atoms. The number of nitrogens with one attached hydrogen (secondary N) is 1. The molecule has 0 atom stereocenters. The van der Waals surface area contributed by atoms with Gasteiger partial charge in [0.05, 0.1) is 0 Å². The third-order valence-corrected chi connectivity index (χ3v) is 3.60. The number of hydrogen-bond donors (Lipinski definition) is 1. The van der Waals surface area contributed by atoms with Crippen LogP contribution in [0.1, 0.15) is 32.3 Å². The third-order valence-electron chi connectivity index (χ3n) is 3.60. The van der Waals surface area contributed by atoms with Crippen molar-refractivity contribution in [3.05, 3.63) is 23.9 Å². The summed E-state index contributed by atoms with van der Waals surface area (Å²) in [5.74, 6) is 0.716. The quantitative estimate of drug-likeness (QED) is 0.789. The first kappa shape index (κ1) is 14.8. The van der Waals surface area contributed by atoms with Gasteiger partial charge in [-0.25, -0.2) is 4.52 Å². The Balaban J connectivity index is 1.76. The molecule has 2 heterocycles. The Hall–Kier alpha value is -1.62. The number of aromatic nitrogens is 3. The van der Waals surface area contributed by atoms with Crippen LogP contribution in [0.15, 0.2) is 18.3 Å². The molecule has 0 amide bonds. The Kier molecular flexibility index (Phi) is 4.95. The molecule has 0 aliphatic rings. The summed E-state index contributed by atoms with van der Waals surface area (Å²) in [6.07, 6.45) is 4.26. The van der Waals surface area contributed by atoms with Gasteiger partial charge < -0.3 is 10.2 Å². The molecule has 0 unspecified atom stereocenters. The van der Waals surface area contributed by atoms with Crippen molar-refractivity contribution in [2.75, 3.05) is 25.5 Å². The molecule has 0 saturated heterocycles. The van der Waals surface area contributed by atoms with E-state index in [1.54, 1.807) is 0 Å². The van der Waals surface area contributed by atoms with Crippen LogP contribution >= 0.6 is 0 Å². The van der Waals surface area contributed by atoms with Gasteiger partial charge in [0.25, 0.3) is 0 Å². The number of hydrogen-bond acceptors (Lipinski definition) is 4. The van der Waals surface area contributed by atoms with Crippen LogP contribution in [0.25, 0.3) is 5.65 Å². The minimum Gasteiger partial charge on any atom is -0.353 e. The van der Waals surface area contributed by atoms with Crippen molar-refractivity contribution in [3.8, 4) is 0 Å². The zero-order chi connectivity index (χ0) is 14.5. The standard InChI is InChI=1S/C15H25N5/c1-12(2)19(4)9-6-5-8-16-15-17-14-11-13(3)7-10-20(14)18-15/h7,10-12H,5-6,8-9H2,1-4H3,(H,16,18). The topological polar surface area (TPSA) is 45.5 Å². The monoisotopic (exact) mass is 275 g/mol. The molecule has 1 N–H and O–H groups in total. The van der Waals surface area contributed by atoms with Crippen molar-refractivity contribution in [2.24, 2.45) is 0 Å². The lowest BCUT2D eigenvalue weighted by Crippen LogP contribution is -2.27. The Bertz CT molecular complexity index is 546. The Morgan fingerprint density at radius 3 is 2.90 bits per heavy atom. The Morgan fingerprint density at radius 2 is 2.15 bits per heavy atom. The number of pyridine rings is 1. The molecule has 0 radical (unpaired) electrons. The van der Waals surface area contributed by atoms with Crippen LogP contribution in [0, 0.1) is 6.92 Å². The van der Waals surface area contributed by atoms with Crippen LogP contribution in [-0.4, -0.2) is 45.7 Å². The van der Waals surface area contributed by atoms with Gasteiger partial charge in [-0.2, -0.15) is 4.98 Å². The molecule has 2 aromatic rings. The lowest BCUT2D eigenvalue weighted by Gasteiger charge is -2.20. The van der Waals surface area contributed by atoms with E-state index in [4.69, 9.17) is 0 Å². The maximum atomic E-state index is 4.46. The molecule has 20 heavy (non-hydrogen) atoms. The minimum atomic E-state index is 0.617. The molecule has 2 rings (SSSR count). The summed E-state index contributed by atoms with van der Waals surface area (Å²) in [5.41, 5.74) is 2.10. The van der Waals surface area contributed by atoms with Gasteiger partial charge in [0.2, 0.25) is 5.95 Å². The lowest BCUT2D eigenvalue weighted by atomic mass is 10.2. The van der Waals surface area contributed by atoms with Gasteiger partial charge in [0.1, 0.15) is 0 Å². The second kappa shape index (κ2) is 6.70. The summed E-state index contributed by atoms with van der Waals surface area (Å²) >= 11 is 0. The van der Waals surface area contributed by atoms with Gasteiger partial charge in [-0.05, 0) is 64.9 Å². The highest BCUT2D eigenvalue weighted by atomic mass is 15.3. The Morgan fingerprint density at radius 1 is 1.35 bits per heavy atom. The summed E-state index contributed by atoms with van der Waals surface area (Å²) in [6, 6.07) is 4.69. The van der Waals surface area contributed by atoms with Crippen molar-refractivity contribution < 1.29 is 0 Å². The highest BCUT2D eigenvalue weighted by Gasteiger charge is 2.04. The largest absolute Gasteiger partial charge is 0.353 e. The number of aryl methyl sites for hydroxylation is 1. The van der Waals surface area contributed by atoms with Crippen molar-refractivity contribution >= 4 is 11.6 Å². The zero-order valence-corrected chi connectivity index (χ0v) is 12.9. The molecule has 2 aromatic heterocycles. The molecule has 0 aromatic carbocycles. The smallest absolute Gasteiger partial charge is 0.243 e. The van der Waals surface area contributed by atoms with Crippen molar-refractivity contribution in [3.63, 3.8) is 0 Å². The summed E-state index contributed by atoms with van der Waals surface area (Å²) in [5, 5.41) is 7.69. The second-order valence-electron chi connectivity index (χ2n) is 5.65. The van der Waals surface area contributed by atoms with Gasteiger partial charge in [0, 0.05) is 18.8 Å². The van der Waals surface area contributed by atoms with Crippen LogP contribution in [0.4, 0.5) is 5.95 Å². The number of nitrogens with zero attached hydrogens (tertiary/aromatic N) is 4. The first-order chi connectivity index (χ1) is 9.56. The maximum Gasteiger partial charge on any atom is 0.243 e. The highest BCUT2D eigenvalue weighted by Crippen LogP contribution is 2.07. The van der Waals surface area contributed by atoms with Crippen LogP contribution in [0.3, 0.4) is 0 Å². The predicted octanol–water partition coefficient (Wildman–Crippen LogP) is 2.57. The summed E-state index contributed by atoms with van der Waals surface area (Å²) in [7, 11) is 2.17. The number of anilines is 1. The van der Waals surface area contributed by atoms with Crippen LogP contribution in [-0.2, 0) is 0 Å². The first-order valence-electron chi connectivity index (χ1n) is 7.33. The summed E-state index contributed by atoms with van der Waals surface area (Å²) in [4.78, 5) is 6.83. The molecular weight excluding hydrogens is 250 g/mol. The Labute approximate surface area is 121 Å². The molecule has 110 valence electrons. The van der Waals surface area contributed by atoms with Gasteiger partial charge in [0.15, 0.2) is 5.65 Å². The van der Waals surface area contributed by atoms with Gasteiger partial charge in [-0.15, -0.1) is 5.10 Å². The first-order valence-corrected chi connectivity index (χ1v) is 7.33. The molecule has 0 aliphatic heterocycles. The molecule has 5 nitrogen and oxygen atoms in total. The second-order valence-corrected chi connectivity index (χ2v) is 5.65. The molecule has 0 saturated carbocycles. The molecule has 5 heteroatoms. The number of rotatable bonds is 7. The lowest BCUT2D eigenvalue weighted by molar-refractivity contribution is 0.269. The van der Waals surface area contributed by atoms with Crippen LogP contribution in [0.5, 0.6) is 0 Å². The van der Waals surface area contributed by atoms with E-state index in [1.807, 2.05) is 22.8 Å². The van der Waals surface area contributed by atoms with E-state index in [0.29, 0.717) is 12.0 Å². The molecule has 0 fully saturated rings. The fourth-order valence-electron chi connectivity index (χ4n) is 2.00. The van der Waals surface area contributed by atoms with E-state index < -0.39 is 0 Å². The van der Waals surface area contributed by atoms with E-state index in [2.05, 4.69) is 48.1 Å². The third kappa shape index (κ3) is 3.93. The van der Waals surface area contributed by atoms with Gasteiger partial charge in [-0.3, -0.25) is 0 Å². The molecule has 0 spiro atoms. The number of fused-ring (bicyclic) bond motifs is 1. The zero-order valence-electron chi connectivity index (χ0n) is 12.9.